The van der Waals surface area contributed by atoms with Gasteiger partial charge in [0.15, 0.2) is 0 Å². The summed E-state index contributed by atoms with van der Waals surface area (Å²) in [5.41, 5.74) is 1.71. The summed E-state index contributed by atoms with van der Waals surface area (Å²) >= 11 is 0. The number of carbonyl (C=O) groups is 3. The van der Waals surface area contributed by atoms with Crippen LogP contribution in [0.25, 0.3) is 0 Å². The molecule has 7 nitrogen and oxygen atoms in total. The zero-order valence-electron chi connectivity index (χ0n) is 14.1. The Morgan fingerprint density at radius 2 is 1.04 bits per heavy atom. The van der Waals surface area contributed by atoms with Gasteiger partial charge in [-0.3, -0.25) is 9.59 Å². The van der Waals surface area contributed by atoms with Gasteiger partial charge >= 0.3 is 18.0 Å². The van der Waals surface area contributed by atoms with Crippen LogP contribution in [0.4, 0.5) is 4.79 Å². The first-order valence-corrected chi connectivity index (χ1v) is 8.04. The lowest BCUT2D eigenvalue weighted by Gasteiger charge is -2.08. The van der Waals surface area contributed by atoms with Gasteiger partial charge in [0.2, 0.25) is 0 Å². The van der Waals surface area contributed by atoms with Crippen LogP contribution in [-0.2, 0) is 32.3 Å². The summed E-state index contributed by atoms with van der Waals surface area (Å²) in [6.07, 6.45) is 0. The van der Waals surface area contributed by atoms with E-state index in [2.05, 4.69) is 10.6 Å². The Bertz CT molecular complexity index is 658. The molecule has 7 heteroatoms. The third-order valence-corrected chi connectivity index (χ3v) is 3.27. The molecule has 26 heavy (non-hydrogen) atoms. The average Bonchev–Trinajstić information content (AvgIpc) is 2.69. The Morgan fingerprint density at radius 1 is 0.654 bits per heavy atom. The summed E-state index contributed by atoms with van der Waals surface area (Å²) in [6, 6.07) is 17.7. The number of urea groups is 1. The number of ether oxygens (including phenoxy) is 2. The number of benzene rings is 2. The van der Waals surface area contributed by atoms with Gasteiger partial charge < -0.3 is 20.1 Å². The highest BCUT2D eigenvalue weighted by Crippen LogP contribution is 2.01. The highest BCUT2D eigenvalue weighted by atomic mass is 16.5. The predicted molar refractivity (Wildman–Crippen MR) is 93.9 cm³/mol. The molecule has 2 aromatic carbocycles. The number of hydrogen-bond acceptors (Lipinski definition) is 5. The average molecular weight is 356 g/mol. The monoisotopic (exact) mass is 356 g/mol. The van der Waals surface area contributed by atoms with E-state index in [1.54, 1.807) is 0 Å². The summed E-state index contributed by atoms with van der Waals surface area (Å²) in [7, 11) is 0. The van der Waals surface area contributed by atoms with Gasteiger partial charge in [0, 0.05) is 0 Å². The van der Waals surface area contributed by atoms with Gasteiger partial charge in [-0.2, -0.15) is 0 Å². The lowest BCUT2D eigenvalue weighted by atomic mass is 10.2. The van der Waals surface area contributed by atoms with Gasteiger partial charge in [0.1, 0.15) is 26.3 Å². The standard InChI is InChI=1S/C19H20N2O5/c22-17(25-13-15-7-3-1-4-8-15)11-20-19(24)21-12-18(23)26-14-16-9-5-2-6-10-16/h1-10H,11-14H2,(H2,20,21,24). The summed E-state index contributed by atoms with van der Waals surface area (Å²) in [5, 5.41) is 4.63. The molecule has 136 valence electrons. The first kappa shape index (κ1) is 19.0. The van der Waals surface area contributed by atoms with Crippen molar-refractivity contribution in [3.8, 4) is 0 Å². The smallest absolute Gasteiger partial charge is 0.325 e. The van der Waals surface area contributed by atoms with Crippen LogP contribution in [0.2, 0.25) is 0 Å². The number of rotatable bonds is 8. The zero-order valence-corrected chi connectivity index (χ0v) is 14.1. The Labute approximate surface area is 151 Å². The van der Waals surface area contributed by atoms with Crippen molar-refractivity contribution in [3.05, 3.63) is 71.8 Å². The number of esters is 2. The highest BCUT2D eigenvalue weighted by Gasteiger charge is 2.09. The predicted octanol–water partition coefficient (Wildman–Crippen LogP) is 1.77. The second-order valence-corrected chi connectivity index (χ2v) is 5.33. The van der Waals surface area contributed by atoms with Crippen molar-refractivity contribution in [2.75, 3.05) is 13.1 Å². The molecule has 2 amide bonds. The van der Waals surface area contributed by atoms with Gasteiger partial charge in [-0.15, -0.1) is 0 Å². The normalized spacial score (nSPS) is 9.85. The minimum Gasteiger partial charge on any atom is -0.460 e. The Hall–Kier alpha value is -3.35. The summed E-state index contributed by atoms with van der Waals surface area (Å²) in [5.74, 6) is -1.15. The molecule has 0 heterocycles. The van der Waals surface area contributed by atoms with Crippen LogP contribution in [0.15, 0.2) is 60.7 Å². The second kappa shape index (κ2) is 10.5. The molecule has 0 aromatic heterocycles. The molecule has 2 rings (SSSR count). The lowest BCUT2D eigenvalue weighted by Crippen LogP contribution is -2.41. The topological polar surface area (TPSA) is 93.7 Å². The molecule has 0 unspecified atom stereocenters. The minimum absolute atomic E-state index is 0.134. The molecule has 2 N–H and O–H groups in total. The van der Waals surface area contributed by atoms with Crippen LogP contribution in [0.5, 0.6) is 0 Å². The van der Waals surface area contributed by atoms with Gasteiger partial charge in [-0.1, -0.05) is 60.7 Å². The molecule has 0 radical (unpaired) electrons. The lowest BCUT2D eigenvalue weighted by molar-refractivity contribution is -0.144. The van der Waals surface area contributed by atoms with E-state index in [-0.39, 0.29) is 26.3 Å². The maximum Gasteiger partial charge on any atom is 0.325 e. The maximum absolute atomic E-state index is 11.6. The van der Waals surface area contributed by atoms with Crippen molar-refractivity contribution in [1.82, 2.24) is 10.6 Å². The molecular formula is C19H20N2O5. The van der Waals surface area contributed by atoms with Crippen LogP contribution in [0, 0.1) is 0 Å². The Kier molecular flexibility index (Phi) is 7.67. The molecule has 2 aromatic rings. The van der Waals surface area contributed by atoms with E-state index < -0.39 is 18.0 Å². The number of nitrogens with one attached hydrogen (secondary N) is 2. The van der Waals surface area contributed by atoms with E-state index in [9.17, 15) is 14.4 Å². The fourth-order valence-electron chi connectivity index (χ4n) is 1.95. The third-order valence-electron chi connectivity index (χ3n) is 3.27. The largest absolute Gasteiger partial charge is 0.460 e. The first-order valence-electron chi connectivity index (χ1n) is 8.04. The molecular weight excluding hydrogens is 336 g/mol. The van der Waals surface area contributed by atoms with Gasteiger partial charge in [-0.05, 0) is 11.1 Å². The SMILES string of the molecule is O=C(NCC(=O)OCc1ccccc1)NCC(=O)OCc1ccccc1. The van der Waals surface area contributed by atoms with Crippen molar-refractivity contribution < 1.29 is 23.9 Å². The molecule has 0 saturated heterocycles. The third kappa shape index (κ3) is 7.48. The first-order chi connectivity index (χ1) is 12.6. The van der Waals surface area contributed by atoms with Gasteiger partial charge in [0.25, 0.3) is 0 Å². The molecule has 0 bridgehead atoms. The molecule has 0 aliphatic heterocycles. The molecule has 0 aliphatic rings. The van der Waals surface area contributed by atoms with Crippen molar-refractivity contribution >= 4 is 18.0 Å². The van der Waals surface area contributed by atoms with Crippen molar-refractivity contribution in [2.24, 2.45) is 0 Å². The molecule has 0 aliphatic carbocycles. The van der Waals surface area contributed by atoms with E-state index >= 15 is 0 Å². The van der Waals surface area contributed by atoms with E-state index in [1.165, 1.54) is 0 Å². The van der Waals surface area contributed by atoms with Gasteiger partial charge in [-0.25, -0.2) is 4.79 Å². The van der Waals surface area contributed by atoms with Gasteiger partial charge in [0.05, 0.1) is 0 Å². The molecule has 0 fully saturated rings. The van der Waals surface area contributed by atoms with E-state index in [1.807, 2.05) is 60.7 Å². The van der Waals surface area contributed by atoms with Crippen LogP contribution in [0.3, 0.4) is 0 Å². The molecule has 0 saturated carbocycles. The van der Waals surface area contributed by atoms with Crippen LogP contribution in [-0.4, -0.2) is 31.1 Å². The second-order valence-electron chi connectivity index (χ2n) is 5.33. The Morgan fingerprint density at radius 3 is 1.42 bits per heavy atom. The Balaban J connectivity index is 1.56. The summed E-state index contributed by atoms with van der Waals surface area (Å²) in [4.78, 5) is 34.7. The fraction of sp³-hybridized carbons (Fsp3) is 0.211. The number of carbonyl (C=O) groups excluding carboxylic acids is 3. The van der Waals surface area contributed by atoms with Crippen LogP contribution >= 0.6 is 0 Å². The van der Waals surface area contributed by atoms with Crippen molar-refractivity contribution in [2.45, 2.75) is 13.2 Å². The van der Waals surface area contributed by atoms with E-state index in [4.69, 9.17) is 9.47 Å². The van der Waals surface area contributed by atoms with Crippen molar-refractivity contribution in [1.29, 1.82) is 0 Å². The quantitative estimate of drug-likeness (QED) is 0.703. The fourth-order valence-corrected chi connectivity index (χ4v) is 1.95. The summed E-state index contributed by atoms with van der Waals surface area (Å²) in [6.45, 7) is -0.320. The van der Waals surface area contributed by atoms with Crippen LogP contribution in [0.1, 0.15) is 11.1 Å². The van der Waals surface area contributed by atoms with E-state index in [0.717, 1.165) is 11.1 Å². The zero-order chi connectivity index (χ0) is 18.6. The highest BCUT2D eigenvalue weighted by molar-refractivity contribution is 5.83. The molecule has 0 spiro atoms. The summed E-state index contributed by atoms with van der Waals surface area (Å²) < 4.78 is 10.0. The van der Waals surface area contributed by atoms with Crippen molar-refractivity contribution in [3.63, 3.8) is 0 Å². The number of amides is 2. The van der Waals surface area contributed by atoms with E-state index in [0.29, 0.717) is 0 Å². The maximum atomic E-state index is 11.6. The molecule has 0 atom stereocenters. The number of hydrogen-bond donors (Lipinski definition) is 2. The minimum atomic E-state index is -0.654. The van der Waals surface area contributed by atoms with Crippen LogP contribution < -0.4 is 10.6 Å².